The Morgan fingerprint density at radius 2 is 1.69 bits per heavy atom. The molecule has 4 nitrogen and oxygen atoms in total. The van der Waals surface area contributed by atoms with E-state index in [2.05, 4.69) is 0 Å². The van der Waals surface area contributed by atoms with Gasteiger partial charge in [-0.15, -0.1) is 0 Å². The van der Waals surface area contributed by atoms with Crippen molar-refractivity contribution in [3.05, 3.63) is 0 Å². The van der Waals surface area contributed by atoms with Crippen LogP contribution >= 0.6 is 0 Å². The number of imide groups is 1. The first-order valence-electron chi connectivity index (χ1n) is 5.81. The van der Waals surface area contributed by atoms with Crippen molar-refractivity contribution >= 4 is 11.8 Å². The lowest BCUT2D eigenvalue weighted by molar-refractivity contribution is -0.146. The normalized spacial score (nSPS) is 34.9. The molecule has 4 heteroatoms. The summed E-state index contributed by atoms with van der Waals surface area (Å²) < 4.78 is 0. The molecule has 1 aliphatic carbocycles. The molecule has 1 saturated carbocycles. The summed E-state index contributed by atoms with van der Waals surface area (Å²) in [6.45, 7) is 7.61. The number of piperidine rings is 1. The SMILES string of the molecule is CC(CO)C(C)N1C(=O)C2C(C1=O)C2(C)C. The van der Waals surface area contributed by atoms with Crippen LogP contribution < -0.4 is 0 Å². The molecule has 90 valence electrons. The number of hydrogen-bond donors (Lipinski definition) is 1. The number of aliphatic hydroxyl groups excluding tert-OH is 1. The second-order valence-electron chi connectivity index (χ2n) is 5.72. The number of amides is 2. The summed E-state index contributed by atoms with van der Waals surface area (Å²) in [6.07, 6.45) is 0. The van der Waals surface area contributed by atoms with Gasteiger partial charge in [-0.05, 0) is 18.3 Å². The van der Waals surface area contributed by atoms with Crippen molar-refractivity contribution in [1.29, 1.82) is 0 Å². The first-order chi connectivity index (χ1) is 7.34. The van der Waals surface area contributed by atoms with Crippen LogP contribution in [0.25, 0.3) is 0 Å². The maximum atomic E-state index is 12.1. The standard InChI is InChI=1S/C12H19NO3/c1-6(5-14)7(2)13-10(15)8-9(11(13)16)12(8,3)4/h6-9,14H,5H2,1-4H3. The van der Waals surface area contributed by atoms with E-state index in [9.17, 15) is 9.59 Å². The van der Waals surface area contributed by atoms with Crippen molar-refractivity contribution in [1.82, 2.24) is 4.90 Å². The van der Waals surface area contributed by atoms with Gasteiger partial charge in [-0.25, -0.2) is 0 Å². The smallest absolute Gasteiger partial charge is 0.233 e. The van der Waals surface area contributed by atoms with E-state index in [1.807, 2.05) is 27.7 Å². The van der Waals surface area contributed by atoms with Gasteiger partial charge in [-0.1, -0.05) is 20.8 Å². The van der Waals surface area contributed by atoms with Crippen molar-refractivity contribution in [3.63, 3.8) is 0 Å². The van der Waals surface area contributed by atoms with Crippen LogP contribution in [0.4, 0.5) is 0 Å². The van der Waals surface area contributed by atoms with E-state index in [4.69, 9.17) is 5.11 Å². The molecular weight excluding hydrogens is 206 g/mol. The lowest BCUT2D eigenvalue weighted by atomic mass is 10.00. The Kier molecular flexibility index (Phi) is 2.38. The molecule has 4 unspecified atom stereocenters. The molecule has 0 aromatic carbocycles. The molecule has 0 aromatic heterocycles. The summed E-state index contributed by atoms with van der Waals surface area (Å²) in [6, 6.07) is -0.200. The fraction of sp³-hybridized carbons (Fsp3) is 0.833. The van der Waals surface area contributed by atoms with Gasteiger partial charge in [0.2, 0.25) is 11.8 Å². The minimum absolute atomic E-state index is 0.00302. The quantitative estimate of drug-likeness (QED) is 0.717. The Balaban J connectivity index is 2.17. The van der Waals surface area contributed by atoms with Crippen molar-refractivity contribution in [3.8, 4) is 0 Å². The molecule has 1 saturated heterocycles. The van der Waals surface area contributed by atoms with E-state index in [1.165, 1.54) is 4.90 Å². The van der Waals surface area contributed by atoms with E-state index in [0.717, 1.165) is 0 Å². The van der Waals surface area contributed by atoms with E-state index < -0.39 is 0 Å². The first-order valence-corrected chi connectivity index (χ1v) is 5.81. The molecule has 2 amide bonds. The van der Waals surface area contributed by atoms with Crippen LogP contribution in [-0.2, 0) is 9.59 Å². The topological polar surface area (TPSA) is 57.6 Å². The Morgan fingerprint density at radius 1 is 1.25 bits per heavy atom. The number of fused-ring (bicyclic) bond motifs is 1. The third-order valence-electron chi connectivity index (χ3n) is 4.35. The largest absolute Gasteiger partial charge is 0.396 e. The van der Waals surface area contributed by atoms with Crippen LogP contribution in [-0.4, -0.2) is 34.5 Å². The van der Waals surface area contributed by atoms with Crippen LogP contribution in [0.5, 0.6) is 0 Å². The van der Waals surface area contributed by atoms with Gasteiger partial charge in [0.05, 0.1) is 11.8 Å². The minimum Gasteiger partial charge on any atom is -0.396 e. The molecule has 0 aromatic rings. The van der Waals surface area contributed by atoms with Gasteiger partial charge in [0.1, 0.15) is 0 Å². The zero-order chi connectivity index (χ0) is 12.2. The zero-order valence-electron chi connectivity index (χ0n) is 10.2. The van der Waals surface area contributed by atoms with Crippen molar-refractivity contribution in [2.24, 2.45) is 23.2 Å². The maximum Gasteiger partial charge on any atom is 0.233 e. The van der Waals surface area contributed by atoms with E-state index in [0.29, 0.717) is 0 Å². The number of carbonyl (C=O) groups is 2. The Hall–Kier alpha value is -0.900. The third kappa shape index (κ3) is 1.25. The van der Waals surface area contributed by atoms with Crippen molar-refractivity contribution in [2.45, 2.75) is 33.7 Å². The molecular formula is C12H19NO3. The Bertz CT molecular complexity index is 326. The lowest BCUT2D eigenvalue weighted by Crippen LogP contribution is -2.46. The highest BCUT2D eigenvalue weighted by Gasteiger charge is 2.72. The van der Waals surface area contributed by atoms with Gasteiger partial charge in [0.25, 0.3) is 0 Å². The van der Waals surface area contributed by atoms with E-state index in [-0.39, 0.29) is 47.6 Å². The monoisotopic (exact) mass is 225 g/mol. The van der Waals surface area contributed by atoms with E-state index in [1.54, 1.807) is 0 Å². The van der Waals surface area contributed by atoms with Gasteiger partial charge in [-0.3, -0.25) is 14.5 Å². The number of aliphatic hydroxyl groups is 1. The highest BCUT2D eigenvalue weighted by atomic mass is 16.3. The van der Waals surface area contributed by atoms with Gasteiger partial charge in [0, 0.05) is 12.6 Å². The van der Waals surface area contributed by atoms with Crippen LogP contribution in [0.1, 0.15) is 27.7 Å². The summed E-state index contributed by atoms with van der Waals surface area (Å²) >= 11 is 0. The van der Waals surface area contributed by atoms with Gasteiger partial charge >= 0.3 is 0 Å². The highest BCUT2D eigenvalue weighted by Crippen LogP contribution is 2.63. The van der Waals surface area contributed by atoms with Crippen LogP contribution in [0, 0.1) is 23.2 Å². The second-order valence-corrected chi connectivity index (χ2v) is 5.72. The molecule has 2 aliphatic rings. The number of rotatable bonds is 3. The molecule has 1 N–H and O–H groups in total. The van der Waals surface area contributed by atoms with Crippen LogP contribution in [0.15, 0.2) is 0 Å². The molecule has 16 heavy (non-hydrogen) atoms. The summed E-state index contributed by atoms with van der Waals surface area (Å²) in [5.74, 6) is -0.393. The van der Waals surface area contributed by atoms with Gasteiger partial charge in [0.15, 0.2) is 0 Å². The van der Waals surface area contributed by atoms with Gasteiger partial charge in [-0.2, -0.15) is 0 Å². The maximum absolute atomic E-state index is 12.1. The molecule has 0 spiro atoms. The number of hydrogen-bond acceptors (Lipinski definition) is 3. The molecule has 2 fully saturated rings. The van der Waals surface area contributed by atoms with Crippen molar-refractivity contribution in [2.75, 3.05) is 6.61 Å². The summed E-state index contributed by atoms with van der Waals surface area (Å²) in [7, 11) is 0. The predicted molar refractivity (Wildman–Crippen MR) is 58.3 cm³/mol. The molecule has 0 bridgehead atoms. The first kappa shape index (κ1) is 11.6. The molecule has 0 radical (unpaired) electrons. The molecule has 1 heterocycles. The second kappa shape index (κ2) is 3.29. The summed E-state index contributed by atoms with van der Waals surface area (Å²) in [5.41, 5.74) is -0.146. The Morgan fingerprint density at radius 3 is 2.06 bits per heavy atom. The fourth-order valence-corrected chi connectivity index (χ4v) is 2.78. The van der Waals surface area contributed by atoms with Gasteiger partial charge < -0.3 is 5.11 Å². The molecule has 1 aliphatic heterocycles. The van der Waals surface area contributed by atoms with Crippen LogP contribution in [0.3, 0.4) is 0 Å². The molecule has 4 atom stereocenters. The number of nitrogens with zero attached hydrogens (tertiary/aromatic N) is 1. The predicted octanol–water partition coefficient (Wildman–Crippen LogP) is 0.644. The van der Waals surface area contributed by atoms with Crippen molar-refractivity contribution < 1.29 is 14.7 Å². The lowest BCUT2D eigenvalue weighted by Gasteiger charge is -2.30. The average molecular weight is 225 g/mol. The number of likely N-dealkylation sites (tertiary alicyclic amines) is 1. The zero-order valence-corrected chi connectivity index (χ0v) is 10.2. The highest BCUT2D eigenvalue weighted by molar-refractivity contribution is 6.10. The summed E-state index contributed by atoms with van der Waals surface area (Å²) in [5, 5.41) is 9.07. The average Bonchev–Trinajstić information content (AvgIpc) is 2.67. The van der Waals surface area contributed by atoms with Crippen LogP contribution in [0.2, 0.25) is 0 Å². The number of carbonyl (C=O) groups excluding carboxylic acids is 2. The third-order valence-corrected chi connectivity index (χ3v) is 4.35. The molecule has 2 rings (SSSR count). The Labute approximate surface area is 95.6 Å². The fourth-order valence-electron chi connectivity index (χ4n) is 2.78. The summed E-state index contributed by atoms with van der Waals surface area (Å²) in [4.78, 5) is 25.5. The van der Waals surface area contributed by atoms with E-state index >= 15 is 0 Å². The minimum atomic E-state index is -0.200.